The summed E-state index contributed by atoms with van der Waals surface area (Å²) in [5.74, 6) is 0. The number of nitrogens with zero attached hydrogens (tertiary/aromatic N) is 1. The van der Waals surface area contributed by atoms with E-state index in [-0.39, 0.29) is 0 Å². The van der Waals surface area contributed by atoms with Gasteiger partial charge in [-0.2, -0.15) is 4.73 Å². The fourth-order valence-electron chi connectivity index (χ4n) is 1.17. The van der Waals surface area contributed by atoms with Gasteiger partial charge in [-0.15, -0.1) is 11.3 Å². The molecule has 72 valence electrons. The Morgan fingerprint density at radius 3 is 2.64 bits per heavy atom. The summed E-state index contributed by atoms with van der Waals surface area (Å²) in [5, 5.41) is 11.3. The third kappa shape index (κ3) is 1.74. The van der Waals surface area contributed by atoms with Crippen LogP contribution in [0.25, 0.3) is 10.4 Å². The van der Waals surface area contributed by atoms with Crippen molar-refractivity contribution < 1.29 is 4.73 Å². The van der Waals surface area contributed by atoms with Gasteiger partial charge in [-0.25, -0.2) is 0 Å². The van der Waals surface area contributed by atoms with E-state index in [4.69, 9.17) is 11.6 Å². The van der Waals surface area contributed by atoms with Gasteiger partial charge in [-0.1, -0.05) is 11.6 Å². The summed E-state index contributed by atoms with van der Waals surface area (Å²) < 4.78 is 1.60. The minimum Gasteiger partial charge on any atom is -0.618 e. The lowest BCUT2D eigenvalue weighted by Crippen LogP contribution is -2.29. The Balaban J connectivity index is 2.47. The van der Waals surface area contributed by atoms with Crippen LogP contribution >= 0.6 is 22.9 Å². The van der Waals surface area contributed by atoms with Gasteiger partial charge in [0.1, 0.15) is 0 Å². The van der Waals surface area contributed by atoms with E-state index in [0.717, 1.165) is 19.5 Å². The summed E-state index contributed by atoms with van der Waals surface area (Å²) in [6.45, 7) is 1.78. The molecule has 0 amide bonds. The predicted molar refractivity (Wildman–Crippen MR) is 58.5 cm³/mol. The molecule has 0 aliphatic carbocycles. The number of halogens is 1. The van der Waals surface area contributed by atoms with Gasteiger partial charge in [0.25, 0.3) is 0 Å². The molecule has 0 aliphatic rings. The molecule has 0 aromatic carbocycles. The topological polar surface area (TPSA) is 26.9 Å². The van der Waals surface area contributed by atoms with Crippen molar-refractivity contribution in [3.05, 3.63) is 45.7 Å². The van der Waals surface area contributed by atoms with E-state index in [1.807, 2.05) is 18.2 Å². The number of hydrogen-bond donors (Lipinski definition) is 0. The zero-order valence-electron chi connectivity index (χ0n) is 7.53. The Morgan fingerprint density at radius 1 is 1.29 bits per heavy atom. The van der Waals surface area contributed by atoms with Crippen LogP contribution in [-0.2, 0) is 0 Å². The highest BCUT2D eigenvalue weighted by molar-refractivity contribution is 7.19. The maximum atomic E-state index is 11.3. The molecule has 0 spiro atoms. The van der Waals surface area contributed by atoms with E-state index in [1.165, 1.54) is 11.3 Å². The molecule has 2 aromatic heterocycles. The van der Waals surface area contributed by atoms with Crippen molar-refractivity contribution in [2.24, 2.45) is 0 Å². The normalized spacial score (nSPS) is 10.4. The van der Waals surface area contributed by atoms with Crippen LogP contribution in [0, 0.1) is 12.1 Å². The zero-order valence-corrected chi connectivity index (χ0v) is 9.10. The van der Waals surface area contributed by atoms with E-state index >= 15 is 0 Å². The Labute approximate surface area is 91.0 Å². The van der Waals surface area contributed by atoms with Gasteiger partial charge in [0, 0.05) is 17.9 Å². The number of pyridine rings is 1. The average Bonchev–Trinajstić information content (AvgIpc) is 2.57. The molecule has 2 aromatic rings. The molecule has 0 saturated heterocycles. The van der Waals surface area contributed by atoms with Crippen molar-refractivity contribution in [3.63, 3.8) is 0 Å². The van der Waals surface area contributed by atoms with Crippen LogP contribution in [0.15, 0.2) is 30.5 Å². The summed E-state index contributed by atoms with van der Waals surface area (Å²) in [6, 6.07) is 7.47. The molecular weight excluding hydrogens is 218 g/mol. The summed E-state index contributed by atoms with van der Waals surface area (Å²) in [6.07, 6.45) is 1.57. The van der Waals surface area contributed by atoms with E-state index in [2.05, 4.69) is 0 Å². The van der Waals surface area contributed by atoms with Crippen molar-refractivity contribution in [2.75, 3.05) is 0 Å². The first kappa shape index (κ1) is 9.49. The Morgan fingerprint density at radius 2 is 2.07 bits per heavy atom. The molecule has 0 saturated carbocycles. The molecule has 14 heavy (non-hydrogen) atoms. The predicted octanol–water partition coefficient (Wildman–Crippen LogP) is 3.01. The highest BCUT2D eigenvalue weighted by Gasteiger charge is 2.06. The third-order valence-corrected chi connectivity index (χ3v) is 3.25. The van der Waals surface area contributed by atoms with Crippen molar-refractivity contribution in [1.29, 1.82) is 0 Å². The molecule has 0 aliphatic heterocycles. The molecule has 0 bridgehead atoms. The molecular formula is C10H8ClNOS. The van der Waals surface area contributed by atoms with Crippen molar-refractivity contribution in [1.82, 2.24) is 0 Å². The number of thiophene rings is 1. The van der Waals surface area contributed by atoms with Crippen LogP contribution in [0.5, 0.6) is 0 Å². The molecule has 0 radical (unpaired) electrons. The second-order valence-corrected chi connectivity index (χ2v) is 4.70. The van der Waals surface area contributed by atoms with E-state index in [9.17, 15) is 5.21 Å². The minimum absolute atomic E-state index is 0.691. The number of aryl methyl sites for hydroxylation is 1. The van der Waals surface area contributed by atoms with Crippen LogP contribution in [0.4, 0.5) is 0 Å². The maximum Gasteiger partial charge on any atom is 0.189 e. The Kier molecular flexibility index (Phi) is 2.44. The number of hydrogen-bond acceptors (Lipinski definition) is 2. The molecule has 4 heteroatoms. The lowest BCUT2D eigenvalue weighted by atomic mass is 10.2. The first-order valence-electron chi connectivity index (χ1n) is 4.12. The molecule has 2 rings (SSSR count). The van der Waals surface area contributed by atoms with Gasteiger partial charge in [0.05, 0.1) is 9.90 Å². The van der Waals surface area contributed by atoms with Crippen LogP contribution in [0.1, 0.15) is 5.69 Å². The van der Waals surface area contributed by atoms with Gasteiger partial charge < -0.3 is 5.21 Å². The lowest BCUT2D eigenvalue weighted by Gasteiger charge is -2.01. The van der Waals surface area contributed by atoms with Crippen molar-refractivity contribution >= 4 is 22.9 Å². The fourth-order valence-corrected chi connectivity index (χ4v) is 2.20. The first-order valence-corrected chi connectivity index (χ1v) is 5.32. The zero-order chi connectivity index (χ0) is 10.1. The SMILES string of the molecule is Cc1ccc(-c2ccc(Cl)s2)c[n+]1[O-]. The summed E-state index contributed by atoms with van der Waals surface area (Å²) >= 11 is 7.28. The third-order valence-electron chi connectivity index (χ3n) is 1.97. The summed E-state index contributed by atoms with van der Waals surface area (Å²) in [7, 11) is 0. The van der Waals surface area contributed by atoms with Gasteiger partial charge in [0.2, 0.25) is 0 Å². The standard InChI is InChI=1S/C10H8ClNOS/c1-7-2-3-8(6-12(7)13)9-4-5-10(11)14-9/h2-6H,1H3. The Hall–Kier alpha value is -1.06. The molecule has 0 fully saturated rings. The first-order chi connectivity index (χ1) is 6.66. The summed E-state index contributed by atoms with van der Waals surface area (Å²) in [5.41, 5.74) is 1.60. The smallest absolute Gasteiger partial charge is 0.189 e. The molecule has 0 N–H and O–H groups in total. The van der Waals surface area contributed by atoms with Crippen molar-refractivity contribution in [3.8, 4) is 10.4 Å². The van der Waals surface area contributed by atoms with E-state index in [0.29, 0.717) is 5.69 Å². The minimum atomic E-state index is 0.691. The van der Waals surface area contributed by atoms with E-state index < -0.39 is 0 Å². The molecule has 2 nitrogen and oxygen atoms in total. The van der Waals surface area contributed by atoms with E-state index in [1.54, 1.807) is 19.2 Å². The van der Waals surface area contributed by atoms with Crippen LogP contribution in [-0.4, -0.2) is 0 Å². The van der Waals surface area contributed by atoms with Gasteiger partial charge >= 0.3 is 0 Å². The quantitative estimate of drug-likeness (QED) is 0.542. The van der Waals surface area contributed by atoms with Gasteiger partial charge in [-0.3, -0.25) is 0 Å². The van der Waals surface area contributed by atoms with Gasteiger partial charge in [-0.05, 0) is 18.2 Å². The largest absolute Gasteiger partial charge is 0.618 e. The average molecular weight is 226 g/mol. The molecule has 0 atom stereocenters. The molecule has 2 heterocycles. The second-order valence-electron chi connectivity index (χ2n) is 2.99. The van der Waals surface area contributed by atoms with Crippen LogP contribution < -0.4 is 4.73 Å². The fraction of sp³-hybridized carbons (Fsp3) is 0.100. The van der Waals surface area contributed by atoms with Crippen molar-refractivity contribution in [2.45, 2.75) is 6.92 Å². The second kappa shape index (κ2) is 3.59. The monoisotopic (exact) mass is 225 g/mol. The highest BCUT2D eigenvalue weighted by atomic mass is 35.5. The van der Waals surface area contributed by atoms with Crippen LogP contribution in [0.3, 0.4) is 0 Å². The number of aromatic nitrogens is 1. The van der Waals surface area contributed by atoms with Gasteiger partial charge in [0.15, 0.2) is 11.9 Å². The Bertz CT molecular complexity index is 467. The maximum absolute atomic E-state index is 11.3. The lowest BCUT2D eigenvalue weighted by molar-refractivity contribution is -0.611. The molecule has 0 unspecified atom stereocenters. The number of rotatable bonds is 1. The summed E-state index contributed by atoms with van der Waals surface area (Å²) in [4.78, 5) is 1.01. The highest BCUT2D eigenvalue weighted by Crippen LogP contribution is 2.30. The van der Waals surface area contributed by atoms with Crippen LogP contribution in [0.2, 0.25) is 4.34 Å².